The van der Waals surface area contributed by atoms with Gasteiger partial charge in [0, 0.05) is 13.1 Å². The summed E-state index contributed by atoms with van der Waals surface area (Å²) < 4.78 is 1.81. The van der Waals surface area contributed by atoms with Crippen molar-refractivity contribution in [2.45, 2.75) is 31.7 Å². The fourth-order valence-corrected chi connectivity index (χ4v) is 2.80. The third-order valence-corrected chi connectivity index (χ3v) is 3.69. The molecular formula is C10H16N4. The van der Waals surface area contributed by atoms with Crippen LogP contribution in [-0.4, -0.2) is 21.0 Å². The smallest absolute Gasteiger partial charge is 0.144 e. The van der Waals surface area contributed by atoms with Crippen LogP contribution in [0.25, 0.3) is 0 Å². The summed E-state index contributed by atoms with van der Waals surface area (Å²) in [7, 11) is 1.93. The maximum Gasteiger partial charge on any atom is 0.144 e. The molecule has 0 saturated heterocycles. The van der Waals surface area contributed by atoms with Crippen LogP contribution < -0.4 is 5.32 Å². The van der Waals surface area contributed by atoms with E-state index in [0.29, 0.717) is 6.04 Å². The van der Waals surface area contributed by atoms with Gasteiger partial charge in [0.2, 0.25) is 0 Å². The molecular weight excluding hydrogens is 176 g/mol. The Labute approximate surface area is 83.7 Å². The van der Waals surface area contributed by atoms with E-state index >= 15 is 0 Å². The van der Waals surface area contributed by atoms with Gasteiger partial charge in [0.1, 0.15) is 5.82 Å². The minimum absolute atomic E-state index is 0.703. The van der Waals surface area contributed by atoms with Gasteiger partial charge in [0.15, 0.2) is 0 Å². The normalized spacial score (nSPS) is 35.1. The number of fused-ring (bicyclic) bond motifs is 1. The number of rotatable bonds is 2. The van der Waals surface area contributed by atoms with Gasteiger partial charge >= 0.3 is 0 Å². The van der Waals surface area contributed by atoms with Crippen molar-refractivity contribution in [2.75, 3.05) is 5.32 Å². The predicted octanol–water partition coefficient (Wildman–Crippen LogP) is 1.42. The van der Waals surface area contributed by atoms with Gasteiger partial charge in [-0.05, 0) is 24.7 Å². The zero-order chi connectivity index (χ0) is 9.54. The molecule has 0 radical (unpaired) electrons. The minimum atomic E-state index is 0.703. The highest BCUT2D eigenvalue weighted by Gasteiger charge is 2.50. The van der Waals surface area contributed by atoms with Gasteiger partial charge in [-0.1, -0.05) is 18.1 Å². The molecule has 2 unspecified atom stereocenters. The fraction of sp³-hybridized carbons (Fsp3) is 0.800. The SMILES string of the molecule is Cn1nncc1NC1C2CCCCC21. The Kier molecular flexibility index (Phi) is 1.75. The highest BCUT2D eigenvalue weighted by atomic mass is 15.4. The summed E-state index contributed by atoms with van der Waals surface area (Å²) in [4.78, 5) is 0. The molecule has 2 aliphatic carbocycles. The second-order valence-electron chi connectivity index (χ2n) is 4.53. The minimum Gasteiger partial charge on any atom is -0.366 e. The van der Waals surface area contributed by atoms with E-state index in [0.717, 1.165) is 17.7 Å². The van der Waals surface area contributed by atoms with Gasteiger partial charge in [0.05, 0.1) is 6.20 Å². The van der Waals surface area contributed by atoms with Crippen LogP contribution >= 0.6 is 0 Å². The average molecular weight is 192 g/mol. The van der Waals surface area contributed by atoms with Gasteiger partial charge < -0.3 is 5.32 Å². The summed E-state index contributed by atoms with van der Waals surface area (Å²) in [5.74, 6) is 2.92. The van der Waals surface area contributed by atoms with E-state index in [4.69, 9.17) is 0 Å². The van der Waals surface area contributed by atoms with Crippen molar-refractivity contribution in [1.82, 2.24) is 15.0 Å². The summed E-state index contributed by atoms with van der Waals surface area (Å²) in [6, 6.07) is 0.703. The number of hydrogen-bond acceptors (Lipinski definition) is 3. The van der Waals surface area contributed by atoms with Crippen molar-refractivity contribution < 1.29 is 0 Å². The summed E-state index contributed by atoms with van der Waals surface area (Å²) >= 11 is 0. The molecule has 14 heavy (non-hydrogen) atoms. The molecule has 2 fully saturated rings. The standard InChI is InChI=1S/C10H16N4/c1-14-9(6-11-13-14)12-10-7-4-2-3-5-8(7)10/h6-8,10,12H,2-5H2,1H3. The van der Waals surface area contributed by atoms with Crippen molar-refractivity contribution in [3.63, 3.8) is 0 Å². The van der Waals surface area contributed by atoms with E-state index in [1.165, 1.54) is 25.7 Å². The lowest BCUT2D eigenvalue weighted by atomic mass is 10.0. The maximum absolute atomic E-state index is 3.92. The summed E-state index contributed by atoms with van der Waals surface area (Å²) in [5.41, 5.74) is 0. The fourth-order valence-electron chi connectivity index (χ4n) is 2.80. The highest BCUT2D eigenvalue weighted by Crippen LogP contribution is 2.50. The number of aryl methyl sites for hydroxylation is 1. The molecule has 1 N–H and O–H groups in total. The van der Waals surface area contributed by atoms with Crippen molar-refractivity contribution in [2.24, 2.45) is 18.9 Å². The third-order valence-electron chi connectivity index (χ3n) is 3.69. The summed E-state index contributed by atoms with van der Waals surface area (Å²) in [5, 5.41) is 11.3. The molecule has 0 bridgehead atoms. The molecule has 76 valence electrons. The van der Waals surface area contributed by atoms with Gasteiger partial charge in [-0.25, -0.2) is 4.68 Å². The third kappa shape index (κ3) is 1.21. The Morgan fingerprint density at radius 2 is 2.07 bits per heavy atom. The quantitative estimate of drug-likeness (QED) is 0.770. The molecule has 4 nitrogen and oxygen atoms in total. The Balaban J connectivity index is 1.67. The average Bonchev–Trinajstić information content (AvgIpc) is 2.75. The molecule has 0 spiro atoms. The second kappa shape index (κ2) is 2.97. The van der Waals surface area contributed by atoms with Crippen LogP contribution in [0.2, 0.25) is 0 Å². The highest BCUT2D eigenvalue weighted by molar-refractivity contribution is 5.36. The van der Waals surface area contributed by atoms with Crippen LogP contribution in [0.3, 0.4) is 0 Å². The monoisotopic (exact) mass is 192 g/mol. The Bertz CT molecular complexity index is 321. The van der Waals surface area contributed by atoms with Crippen LogP contribution in [0.15, 0.2) is 6.20 Å². The molecule has 3 rings (SSSR count). The lowest BCUT2D eigenvalue weighted by Gasteiger charge is -2.04. The van der Waals surface area contributed by atoms with Gasteiger partial charge in [-0.3, -0.25) is 0 Å². The Morgan fingerprint density at radius 3 is 2.64 bits per heavy atom. The summed E-state index contributed by atoms with van der Waals surface area (Å²) in [6.45, 7) is 0. The number of hydrogen-bond donors (Lipinski definition) is 1. The van der Waals surface area contributed by atoms with Crippen molar-refractivity contribution in [1.29, 1.82) is 0 Å². The number of aromatic nitrogens is 3. The van der Waals surface area contributed by atoms with Crippen LogP contribution in [0.5, 0.6) is 0 Å². The molecule has 1 aromatic heterocycles. The molecule has 4 heteroatoms. The molecule has 0 aliphatic heterocycles. The van der Waals surface area contributed by atoms with Crippen LogP contribution in [0.1, 0.15) is 25.7 Å². The van der Waals surface area contributed by atoms with E-state index in [1.807, 2.05) is 17.9 Å². The zero-order valence-corrected chi connectivity index (χ0v) is 8.48. The first kappa shape index (κ1) is 8.26. The van der Waals surface area contributed by atoms with E-state index in [-0.39, 0.29) is 0 Å². The lowest BCUT2D eigenvalue weighted by Crippen LogP contribution is -2.09. The lowest BCUT2D eigenvalue weighted by molar-refractivity contribution is 0.480. The zero-order valence-electron chi connectivity index (χ0n) is 8.48. The first-order chi connectivity index (χ1) is 6.86. The molecule has 2 atom stereocenters. The van der Waals surface area contributed by atoms with Crippen LogP contribution in [-0.2, 0) is 7.05 Å². The second-order valence-corrected chi connectivity index (χ2v) is 4.53. The van der Waals surface area contributed by atoms with Gasteiger partial charge in [-0.2, -0.15) is 0 Å². The van der Waals surface area contributed by atoms with Crippen molar-refractivity contribution in [3.8, 4) is 0 Å². The van der Waals surface area contributed by atoms with E-state index in [9.17, 15) is 0 Å². The number of nitrogens with zero attached hydrogens (tertiary/aromatic N) is 3. The van der Waals surface area contributed by atoms with E-state index in [1.54, 1.807) is 0 Å². The first-order valence-electron chi connectivity index (χ1n) is 5.47. The maximum atomic E-state index is 3.92. The van der Waals surface area contributed by atoms with Gasteiger partial charge in [0.25, 0.3) is 0 Å². The first-order valence-corrected chi connectivity index (χ1v) is 5.47. The molecule has 0 amide bonds. The van der Waals surface area contributed by atoms with Crippen LogP contribution in [0, 0.1) is 11.8 Å². The largest absolute Gasteiger partial charge is 0.366 e. The van der Waals surface area contributed by atoms with Gasteiger partial charge in [-0.15, -0.1) is 5.10 Å². The number of anilines is 1. The molecule has 1 heterocycles. The summed E-state index contributed by atoms with van der Waals surface area (Å²) in [6.07, 6.45) is 7.47. The topological polar surface area (TPSA) is 42.7 Å². The number of nitrogens with one attached hydrogen (secondary N) is 1. The molecule has 0 aromatic carbocycles. The van der Waals surface area contributed by atoms with Crippen LogP contribution in [0.4, 0.5) is 5.82 Å². The van der Waals surface area contributed by atoms with Crippen molar-refractivity contribution >= 4 is 5.82 Å². The molecule has 2 saturated carbocycles. The predicted molar refractivity (Wildman–Crippen MR) is 53.9 cm³/mol. The molecule has 2 aliphatic rings. The molecule has 1 aromatic rings. The Hall–Kier alpha value is -1.06. The van der Waals surface area contributed by atoms with E-state index < -0.39 is 0 Å². The Morgan fingerprint density at radius 1 is 1.36 bits per heavy atom. The van der Waals surface area contributed by atoms with E-state index in [2.05, 4.69) is 15.6 Å². The van der Waals surface area contributed by atoms with Crippen molar-refractivity contribution in [3.05, 3.63) is 6.20 Å².